The number of halogens is 1. The van der Waals surface area contributed by atoms with Crippen LogP contribution in [0.1, 0.15) is 34.1 Å². The number of ether oxygens (including phenoxy) is 1. The molecule has 0 bridgehead atoms. The van der Waals surface area contributed by atoms with Crippen LogP contribution in [0.5, 0.6) is 5.75 Å². The van der Waals surface area contributed by atoms with E-state index < -0.39 is 0 Å². The summed E-state index contributed by atoms with van der Waals surface area (Å²) in [4.78, 5) is 12.7. The molecule has 0 unspecified atom stereocenters. The van der Waals surface area contributed by atoms with Crippen molar-refractivity contribution in [2.45, 2.75) is 33.5 Å². The van der Waals surface area contributed by atoms with Gasteiger partial charge in [0.15, 0.2) is 0 Å². The molecule has 0 saturated heterocycles. The van der Waals surface area contributed by atoms with Gasteiger partial charge in [-0.15, -0.1) is 0 Å². The zero-order valence-corrected chi connectivity index (χ0v) is 18.7. The molecule has 164 valence electrons. The number of hydrogen-bond acceptors (Lipinski definition) is 4. The summed E-state index contributed by atoms with van der Waals surface area (Å²) < 4.78 is 9.51. The van der Waals surface area contributed by atoms with Crippen LogP contribution in [0.3, 0.4) is 0 Å². The second-order valence-electron chi connectivity index (χ2n) is 7.39. The summed E-state index contributed by atoms with van der Waals surface area (Å²) in [5.74, 6) is 0.518. The fourth-order valence-corrected chi connectivity index (χ4v) is 3.48. The molecule has 2 heterocycles. The van der Waals surface area contributed by atoms with E-state index in [-0.39, 0.29) is 5.91 Å². The van der Waals surface area contributed by atoms with E-state index >= 15 is 0 Å². The largest absolute Gasteiger partial charge is 0.489 e. The van der Waals surface area contributed by atoms with Gasteiger partial charge in [0, 0.05) is 34.6 Å². The third-order valence-corrected chi connectivity index (χ3v) is 5.39. The highest BCUT2D eigenvalue weighted by Crippen LogP contribution is 2.18. The number of carbonyl (C=O) groups excluding carboxylic acids is 1. The van der Waals surface area contributed by atoms with Gasteiger partial charge in [-0.25, -0.2) is 0 Å². The molecule has 0 radical (unpaired) electrons. The van der Waals surface area contributed by atoms with Gasteiger partial charge in [0.05, 0.1) is 24.6 Å². The average molecular weight is 450 g/mol. The fraction of sp³-hybridized carbons (Fsp3) is 0.208. The average Bonchev–Trinajstić information content (AvgIpc) is 3.39. The quantitative estimate of drug-likeness (QED) is 0.413. The number of benzene rings is 2. The third-order valence-electron chi connectivity index (χ3n) is 5.14. The number of aromatic nitrogens is 4. The van der Waals surface area contributed by atoms with Crippen molar-refractivity contribution in [3.8, 4) is 5.75 Å². The fourth-order valence-electron chi connectivity index (χ4n) is 3.35. The number of nitrogens with one attached hydrogen (secondary N) is 1. The van der Waals surface area contributed by atoms with Gasteiger partial charge in [0.25, 0.3) is 5.91 Å². The lowest BCUT2D eigenvalue weighted by Gasteiger charge is -2.08. The first kappa shape index (κ1) is 21.6. The summed E-state index contributed by atoms with van der Waals surface area (Å²) in [6, 6.07) is 14.5. The van der Waals surface area contributed by atoms with Crippen molar-refractivity contribution >= 4 is 23.2 Å². The Bertz CT molecular complexity index is 1210. The first-order valence-corrected chi connectivity index (χ1v) is 10.7. The third kappa shape index (κ3) is 5.18. The normalized spacial score (nSPS) is 10.8. The molecule has 8 heteroatoms. The maximum atomic E-state index is 12.7. The lowest BCUT2D eigenvalue weighted by molar-refractivity contribution is 0.102. The van der Waals surface area contributed by atoms with Gasteiger partial charge in [0.1, 0.15) is 12.4 Å². The van der Waals surface area contributed by atoms with E-state index in [1.807, 2.05) is 54.3 Å². The lowest BCUT2D eigenvalue weighted by atomic mass is 10.1. The highest BCUT2D eigenvalue weighted by molar-refractivity contribution is 6.30. The monoisotopic (exact) mass is 449 g/mol. The standard InChI is InChI=1S/C24H24ClN5O2/c1-3-30-17(2)20(12-27-30)14-29-15-22(13-26-29)28-24(31)19-6-4-5-18(11-19)16-32-23-9-7-21(25)8-10-23/h4-13,15H,3,14,16H2,1-2H3,(H,28,31). The van der Waals surface area contributed by atoms with Crippen LogP contribution in [0.4, 0.5) is 5.69 Å². The highest BCUT2D eigenvalue weighted by Gasteiger charge is 2.11. The molecule has 4 rings (SSSR count). The summed E-state index contributed by atoms with van der Waals surface area (Å²) in [5.41, 5.74) is 4.30. The molecule has 2 aromatic heterocycles. The second kappa shape index (κ2) is 9.70. The maximum Gasteiger partial charge on any atom is 0.255 e. The number of rotatable bonds is 8. The Balaban J connectivity index is 1.37. The second-order valence-corrected chi connectivity index (χ2v) is 7.83. The molecule has 0 saturated carbocycles. The highest BCUT2D eigenvalue weighted by atomic mass is 35.5. The lowest BCUT2D eigenvalue weighted by Crippen LogP contribution is -2.12. The predicted octanol–water partition coefficient (Wildman–Crippen LogP) is 4.94. The van der Waals surface area contributed by atoms with Crippen LogP contribution in [-0.2, 0) is 19.7 Å². The summed E-state index contributed by atoms with van der Waals surface area (Å²) in [6.07, 6.45) is 5.31. The van der Waals surface area contributed by atoms with E-state index in [0.717, 1.165) is 29.1 Å². The van der Waals surface area contributed by atoms with Crippen LogP contribution in [0.25, 0.3) is 0 Å². The van der Waals surface area contributed by atoms with Crippen LogP contribution in [0, 0.1) is 6.92 Å². The number of nitrogens with zero attached hydrogens (tertiary/aromatic N) is 4. The molecular weight excluding hydrogens is 426 g/mol. The van der Waals surface area contributed by atoms with Crippen molar-refractivity contribution in [2.24, 2.45) is 0 Å². The van der Waals surface area contributed by atoms with E-state index in [1.165, 1.54) is 0 Å². The Morgan fingerprint density at radius 1 is 1.12 bits per heavy atom. The number of carbonyl (C=O) groups is 1. The van der Waals surface area contributed by atoms with Gasteiger partial charge in [0.2, 0.25) is 0 Å². The van der Waals surface area contributed by atoms with Crippen LogP contribution < -0.4 is 10.1 Å². The molecular formula is C24H24ClN5O2. The smallest absolute Gasteiger partial charge is 0.255 e. The van der Waals surface area contributed by atoms with Crippen LogP contribution in [0.2, 0.25) is 5.02 Å². The van der Waals surface area contributed by atoms with E-state index in [2.05, 4.69) is 22.4 Å². The number of aryl methyl sites for hydroxylation is 1. The Morgan fingerprint density at radius 3 is 2.69 bits per heavy atom. The van der Waals surface area contributed by atoms with Crippen molar-refractivity contribution in [1.29, 1.82) is 0 Å². The van der Waals surface area contributed by atoms with E-state index in [1.54, 1.807) is 29.1 Å². The predicted molar refractivity (Wildman–Crippen MR) is 124 cm³/mol. The number of amides is 1. The zero-order chi connectivity index (χ0) is 22.5. The Labute approximate surface area is 191 Å². The minimum Gasteiger partial charge on any atom is -0.489 e. The molecule has 0 aliphatic rings. The van der Waals surface area contributed by atoms with E-state index in [0.29, 0.717) is 29.4 Å². The summed E-state index contributed by atoms with van der Waals surface area (Å²) >= 11 is 5.90. The van der Waals surface area contributed by atoms with Gasteiger partial charge >= 0.3 is 0 Å². The Kier molecular flexibility index (Phi) is 6.56. The first-order chi connectivity index (χ1) is 15.5. The molecule has 7 nitrogen and oxygen atoms in total. The molecule has 0 fully saturated rings. The summed E-state index contributed by atoms with van der Waals surface area (Å²) in [5, 5.41) is 12.3. The van der Waals surface area contributed by atoms with Crippen LogP contribution in [-0.4, -0.2) is 25.5 Å². The van der Waals surface area contributed by atoms with E-state index in [9.17, 15) is 4.79 Å². The van der Waals surface area contributed by atoms with E-state index in [4.69, 9.17) is 16.3 Å². The molecule has 2 aromatic carbocycles. The maximum absolute atomic E-state index is 12.7. The topological polar surface area (TPSA) is 74.0 Å². The molecule has 1 amide bonds. The molecule has 0 aliphatic carbocycles. The molecule has 0 atom stereocenters. The molecule has 4 aromatic rings. The molecule has 0 aliphatic heterocycles. The van der Waals surface area contributed by atoms with Crippen molar-refractivity contribution in [3.05, 3.63) is 94.5 Å². The SMILES string of the molecule is CCn1ncc(Cn2cc(NC(=O)c3cccc(COc4ccc(Cl)cc4)c3)cn2)c1C. The Morgan fingerprint density at radius 2 is 1.94 bits per heavy atom. The van der Waals surface area contributed by atoms with Crippen molar-refractivity contribution < 1.29 is 9.53 Å². The molecule has 0 spiro atoms. The minimum atomic E-state index is -0.201. The van der Waals surface area contributed by atoms with Gasteiger partial charge < -0.3 is 10.1 Å². The van der Waals surface area contributed by atoms with Crippen molar-refractivity contribution in [3.63, 3.8) is 0 Å². The van der Waals surface area contributed by atoms with Crippen molar-refractivity contribution in [2.75, 3.05) is 5.32 Å². The number of hydrogen-bond donors (Lipinski definition) is 1. The van der Waals surface area contributed by atoms with Crippen LogP contribution >= 0.6 is 11.6 Å². The summed E-state index contributed by atoms with van der Waals surface area (Å²) in [7, 11) is 0. The van der Waals surface area contributed by atoms with Crippen LogP contribution in [0.15, 0.2) is 67.1 Å². The first-order valence-electron chi connectivity index (χ1n) is 10.3. The van der Waals surface area contributed by atoms with Gasteiger partial charge in [-0.3, -0.25) is 14.2 Å². The Hall–Kier alpha value is -3.58. The van der Waals surface area contributed by atoms with Gasteiger partial charge in [-0.2, -0.15) is 10.2 Å². The van der Waals surface area contributed by atoms with Gasteiger partial charge in [-0.1, -0.05) is 23.7 Å². The summed E-state index contributed by atoms with van der Waals surface area (Å²) in [6.45, 7) is 5.88. The van der Waals surface area contributed by atoms with Gasteiger partial charge in [-0.05, 0) is 55.8 Å². The minimum absolute atomic E-state index is 0.201. The molecule has 32 heavy (non-hydrogen) atoms. The molecule has 1 N–H and O–H groups in total. The van der Waals surface area contributed by atoms with Crippen molar-refractivity contribution in [1.82, 2.24) is 19.6 Å². The zero-order valence-electron chi connectivity index (χ0n) is 18.0. The number of anilines is 1.